The molecule has 0 radical (unpaired) electrons. The largest absolute Gasteiger partial charge is 0.497 e. The minimum absolute atomic E-state index is 0.0509. The third-order valence-electron chi connectivity index (χ3n) is 5.42. The summed E-state index contributed by atoms with van der Waals surface area (Å²) in [6, 6.07) is 2.29. The van der Waals surface area contributed by atoms with Gasteiger partial charge in [-0.05, 0) is 37.3 Å². The molecular weight excluding hydrogens is 376 g/mol. The fourth-order valence-corrected chi connectivity index (χ4v) is 6.21. The summed E-state index contributed by atoms with van der Waals surface area (Å²) in [5.74, 6) is -0.402. The van der Waals surface area contributed by atoms with Crippen molar-refractivity contribution in [1.29, 1.82) is 0 Å². The maximum absolute atomic E-state index is 13.4. The van der Waals surface area contributed by atoms with E-state index >= 15 is 0 Å². The van der Waals surface area contributed by atoms with Gasteiger partial charge in [-0.2, -0.15) is 4.31 Å². The third-order valence-corrected chi connectivity index (χ3v) is 7.40. The Labute approximate surface area is 157 Å². The topological polar surface area (TPSA) is 116 Å². The van der Waals surface area contributed by atoms with E-state index in [4.69, 9.17) is 9.47 Å². The van der Waals surface area contributed by atoms with Crippen LogP contribution in [0.5, 0.6) is 5.75 Å². The molecule has 9 nitrogen and oxygen atoms in total. The summed E-state index contributed by atoms with van der Waals surface area (Å²) in [7, 11) is -1.72. The number of rotatable bonds is 5. The molecule has 10 heteroatoms. The van der Waals surface area contributed by atoms with Gasteiger partial charge >= 0.3 is 5.97 Å². The first-order valence-corrected chi connectivity index (χ1v) is 10.2. The predicted octanol–water partition coefficient (Wildman–Crippen LogP) is 2.10. The van der Waals surface area contributed by atoms with Crippen LogP contribution in [0.4, 0.5) is 5.69 Å². The highest BCUT2D eigenvalue weighted by Crippen LogP contribution is 2.44. The first kappa shape index (κ1) is 19.6. The van der Waals surface area contributed by atoms with Crippen LogP contribution in [0.2, 0.25) is 0 Å². The molecule has 0 amide bonds. The summed E-state index contributed by atoms with van der Waals surface area (Å²) in [5.41, 5.74) is -0.572. The summed E-state index contributed by atoms with van der Waals surface area (Å²) in [6.45, 7) is 0. The van der Waals surface area contributed by atoms with Crippen LogP contribution in [0.15, 0.2) is 23.1 Å². The Morgan fingerprint density at radius 2 is 1.96 bits per heavy atom. The summed E-state index contributed by atoms with van der Waals surface area (Å²) < 4.78 is 37.8. The molecule has 2 aliphatic rings. The smallest absolute Gasteiger partial charge is 0.324 e. The molecule has 3 unspecified atom stereocenters. The lowest BCUT2D eigenvalue weighted by atomic mass is 9.85. The Morgan fingerprint density at radius 1 is 1.26 bits per heavy atom. The molecule has 0 bridgehead atoms. The van der Waals surface area contributed by atoms with Crippen molar-refractivity contribution in [1.82, 2.24) is 4.31 Å². The number of esters is 1. The van der Waals surface area contributed by atoms with E-state index in [0.29, 0.717) is 12.8 Å². The maximum atomic E-state index is 13.4. The molecule has 2 fully saturated rings. The van der Waals surface area contributed by atoms with Gasteiger partial charge in [0.15, 0.2) is 4.90 Å². The summed E-state index contributed by atoms with van der Waals surface area (Å²) in [4.78, 5) is 22.6. The third kappa shape index (κ3) is 3.39. The molecule has 1 heterocycles. The highest BCUT2D eigenvalue weighted by molar-refractivity contribution is 7.89. The van der Waals surface area contributed by atoms with Crippen molar-refractivity contribution in [2.24, 2.45) is 5.92 Å². The quantitative estimate of drug-likeness (QED) is 0.423. The number of carbonyl (C=O) groups is 1. The van der Waals surface area contributed by atoms with Gasteiger partial charge in [0, 0.05) is 6.04 Å². The number of nitrogens with zero attached hydrogens (tertiary/aromatic N) is 2. The van der Waals surface area contributed by atoms with Gasteiger partial charge in [0.05, 0.1) is 25.2 Å². The number of nitro benzene ring substituents is 1. The van der Waals surface area contributed by atoms with Gasteiger partial charge in [-0.1, -0.05) is 12.8 Å². The standard InChI is InChI=1S/C17H22N2O7S/c1-25-12-7-8-16(14(10-12)19(21)22)27(23,24)18-13-6-4-3-5-11(13)9-15(18)17(20)26-2/h7-8,10-11,13,15H,3-6,9H2,1-2H3. The second kappa shape index (κ2) is 7.43. The SMILES string of the molecule is COC(=O)C1CC2CCCCC2N1S(=O)(=O)c1ccc(OC)cc1[N+](=O)[O-]. The molecule has 27 heavy (non-hydrogen) atoms. The van der Waals surface area contributed by atoms with Crippen LogP contribution in [0, 0.1) is 16.0 Å². The molecule has 0 N–H and O–H groups in total. The van der Waals surface area contributed by atoms with Gasteiger partial charge in [-0.25, -0.2) is 8.42 Å². The zero-order valence-corrected chi connectivity index (χ0v) is 16.0. The average molecular weight is 398 g/mol. The van der Waals surface area contributed by atoms with Crippen LogP contribution in [-0.4, -0.2) is 49.9 Å². The highest BCUT2D eigenvalue weighted by atomic mass is 32.2. The molecule has 3 atom stereocenters. The lowest BCUT2D eigenvalue weighted by Crippen LogP contribution is -2.46. The second-order valence-electron chi connectivity index (χ2n) is 6.81. The second-order valence-corrected chi connectivity index (χ2v) is 8.62. The first-order valence-electron chi connectivity index (χ1n) is 8.75. The predicted molar refractivity (Wildman–Crippen MR) is 94.8 cm³/mol. The van der Waals surface area contributed by atoms with Crippen molar-refractivity contribution in [3.8, 4) is 5.75 Å². The molecule has 1 aliphatic carbocycles. The molecule has 1 aliphatic heterocycles. The minimum Gasteiger partial charge on any atom is -0.497 e. The van der Waals surface area contributed by atoms with E-state index in [9.17, 15) is 23.3 Å². The maximum Gasteiger partial charge on any atom is 0.324 e. The molecule has 1 aromatic rings. The first-order chi connectivity index (χ1) is 12.8. The van der Waals surface area contributed by atoms with Gasteiger partial charge in [-0.3, -0.25) is 14.9 Å². The lowest BCUT2D eigenvalue weighted by Gasteiger charge is -2.32. The number of hydrogen-bond acceptors (Lipinski definition) is 7. The van der Waals surface area contributed by atoms with Crippen molar-refractivity contribution in [3.05, 3.63) is 28.3 Å². The fourth-order valence-electron chi connectivity index (χ4n) is 4.20. The Hall–Kier alpha value is -2.20. The van der Waals surface area contributed by atoms with E-state index in [1.807, 2.05) is 0 Å². The summed E-state index contributed by atoms with van der Waals surface area (Å²) in [5, 5.41) is 11.5. The Bertz CT molecular complexity index is 855. The van der Waals surface area contributed by atoms with Crippen LogP contribution in [-0.2, 0) is 19.6 Å². The number of fused-ring (bicyclic) bond motifs is 1. The minimum atomic E-state index is -4.28. The molecule has 1 aromatic carbocycles. The van der Waals surface area contributed by atoms with Crippen LogP contribution < -0.4 is 4.74 Å². The molecule has 1 saturated heterocycles. The molecule has 0 aromatic heterocycles. The Balaban J connectivity index is 2.11. The molecule has 0 spiro atoms. The van der Waals surface area contributed by atoms with E-state index in [1.165, 1.54) is 20.3 Å². The number of sulfonamides is 1. The van der Waals surface area contributed by atoms with Crippen molar-refractivity contribution < 1.29 is 27.6 Å². The number of carbonyl (C=O) groups excluding carboxylic acids is 1. The van der Waals surface area contributed by atoms with E-state index < -0.39 is 37.5 Å². The van der Waals surface area contributed by atoms with Crippen LogP contribution in [0.1, 0.15) is 32.1 Å². The number of methoxy groups -OCH3 is 2. The van der Waals surface area contributed by atoms with Crippen molar-refractivity contribution in [2.45, 2.75) is 49.1 Å². The lowest BCUT2D eigenvalue weighted by molar-refractivity contribution is -0.387. The van der Waals surface area contributed by atoms with E-state index in [0.717, 1.165) is 35.7 Å². The van der Waals surface area contributed by atoms with Gasteiger partial charge < -0.3 is 9.47 Å². The number of ether oxygens (including phenoxy) is 2. The van der Waals surface area contributed by atoms with Gasteiger partial charge in [0.1, 0.15) is 11.8 Å². The van der Waals surface area contributed by atoms with Crippen molar-refractivity contribution >= 4 is 21.7 Å². The Kier molecular flexibility index (Phi) is 5.38. The number of nitro groups is 1. The monoisotopic (exact) mass is 398 g/mol. The number of benzene rings is 1. The van der Waals surface area contributed by atoms with Crippen LogP contribution in [0.3, 0.4) is 0 Å². The fraction of sp³-hybridized carbons (Fsp3) is 0.588. The van der Waals surface area contributed by atoms with Crippen molar-refractivity contribution in [3.63, 3.8) is 0 Å². The molecule has 1 saturated carbocycles. The zero-order valence-electron chi connectivity index (χ0n) is 15.2. The van der Waals surface area contributed by atoms with Crippen LogP contribution in [0.25, 0.3) is 0 Å². The molecule has 148 valence electrons. The van der Waals surface area contributed by atoms with Gasteiger partial charge in [0.25, 0.3) is 15.7 Å². The van der Waals surface area contributed by atoms with Crippen LogP contribution >= 0.6 is 0 Å². The zero-order chi connectivity index (χ0) is 19.8. The molecular formula is C17H22N2O7S. The molecule has 3 rings (SSSR count). The number of hydrogen-bond donors (Lipinski definition) is 0. The van der Waals surface area contributed by atoms with E-state index in [-0.39, 0.29) is 17.7 Å². The summed E-state index contributed by atoms with van der Waals surface area (Å²) in [6.07, 6.45) is 3.66. The van der Waals surface area contributed by atoms with E-state index in [1.54, 1.807) is 0 Å². The Morgan fingerprint density at radius 3 is 2.59 bits per heavy atom. The average Bonchev–Trinajstić information content (AvgIpc) is 3.07. The normalized spacial score (nSPS) is 25.6. The van der Waals surface area contributed by atoms with Crippen molar-refractivity contribution in [2.75, 3.05) is 14.2 Å². The summed E-state index contributed by atoms with van der Waals surface area (Å²) >= 11 is 0. The van der Waals surface area contributed by atoms with Gasteiger partial charge in [0.2, 0.25) is 0 Å². The van der Waals surface area contributed by atoms with E-state index in [2.05, 4.69) is 0 Å². The van der Waals surface area contributed by atoms with Gasteiger partial charge in [-0.15, -0.1) is 0 Å². The highest BCUT2D eigenvalue weighted by Gasteiger charge is 2.52.